The highest BCUT2D eigenvalue weighted by atomic mass is 16.7. The molecule has 0 aromatic heterocycles. The Labute approximate surface area is 122 Å². The Morgan fingerprint density at radius 2 is 1.95 bits per heavy atom. The minimum Gasteiger partial charge on any atom is -0.394 e. The van der Waals surface area contributed by atoms with Crippen molar-refractivity contribution < 1.29 is 29.6 Å². The lowest BCUT2D eigenvalue weighted by Gasteiger charge is -2.41. The molecule has 0 radical (unpaired) electrons. The van der Waals surface area contributed by atoms with E-state index in [1.807, 2.05) is 0 Å². The molecule has 7 nitrogen and oxygen atoms in total. The first-order chi connectivity index (χ1) is 10.1. The molecule has 1 heterocycles. The summed E-state index contributed by atoms with van der Waals surface area (Å²) < 4.78 is 10.2. The van der Waals surface area contributed by atoms with Gasteiger partial charge in [0.25, 0.3) is 5.91 Å². The molecule has 0 bridgehead atoms. The molecule has 5 atom stereocenters. The van der Waals surface area contributed by atoms with Crippen molar-refractivity contribution in [3.05, 3.63) is 35.9 Å². The third-order valence-corrected chi connectivity index (χ3v) is 3.45. The third-order valence-electron chi connectivity index (χ3n) is 3.45. The highest BCUT2D eigenvalue weighted by Gasteiger charge is 2.45. The summed E-state index contributed by atoms with van der Waals surface area (Å²) in [6.45, 7) is -0.453. The molecule has 1 aromatic rings. The average Bonchev–Trinajstić information content (AvgIpc) is 2.52. The van der Waals surface area contributed by atoms with Crippen LogP contribution in [0.25, 0.3) is 0 Å². The van der Waals surface area contributed by atoms with Crippen LogP contribution in [-0.2, 0) is 9.47 Å². The van der Waals surface area contributed by atoms with Crippen molar-refractivity contribution >= 4 is 5.91 Å². The molecule has 0 unspecified atom stereocenters. The predicted molar refractivity (Wildman–Crippen MR) is 72.5 cm³/mol. The van der Waals surface area contributed by atoms with Crippen LogP contribution in [-0.4, -0.2) is 65.6 Å². The summed E-state index contributed by atoms with van der Waals surface area (Å²) in [7, 11) is 1.33. The number of hydrogen-bond donors (Lipinski definition) is 4. The monoisotopic (exact) mass is 297 g/mol. The number of nitrogens with one attached hydrogen (secondary N) is 1. The van der Waals surface area contributed by atoms with Gasteiger partial charge in [-0.1, -0.05) is 18.2 Å². The van der Waals surface area contributed by atoms with Crippen molar-refractivity contribution in [2.45, 2.75) is 30.6 Å². The zero-order chi connectivity index (χ0) is 15.4. The van der Waals surface area contributed by atoms with Gasteiger partial charge in [-0.15, -0.1) is 0 Å². The van der Waals surface area contributed by atoms with E-state index in [-0.39, 0.29) is 0 Å². The van der Waals surface area contributed by atoms with Gasteiger partial charge in [0, 0.05) is 12.7 Å². The molecule has 1 aliphatic heterocycles. The zero-order valence-electron chi connectivity index (χ0n) is 11.5. The molecule has 0 spiro atoms. The van der Waals surface area contributed by atoms with Crippen molar-refractivity contribution in [3.63, 3.8) is 0 Å². The van der Waals surface area contributed by atoms with Gasteiger partial charge >= 0.3 is 0 Å². The van der Waals surface area contributed by atoms with Crippen molar-refractivity contribution in [1.82, 2.24) is 5.32 Å². The number of aliphatic hydroxyl groups is 3. The van der Waals surface area contributed by atoms with Crippen molar-refractivity contribution in [2.24, 2.45) is 0 Å². The summed E-state index contributed by atoms with van der Waals surface area (Å²) in [4.78, 5) is 12.1. The molecule has 1 aliphatic rings. The van der Waals surface area contributed by atoms with E-state index in [0.717, 1.165) is 0 Å². The van der Waals surface area contributed by atoms with Crippen LogP contribution in [0.1, 0.15) is 10.4 Å². The van der Waals surface area contributed by atoms with Gasteiger partial charge in [-0.2, -0.15) is 0 Å². The quantitative estimate of drug-likeness (QED) is 0.560. The van der Waals surface area contributed by atoms with Crippen LogP contribution in [0, 0.1) is 0 Å². The van der Waals surface area contributed by atoms with Crippen LogP contribution in [0.5, 0.6) is 0 Å². The van der Waals surface area contributed by atoms with Crippen molar-refractivity contribution in [3.8, 4) is 0 Å². The van der Waals surface area contributed by atoms with E-state index in [1.165, 1.54) is 7.11 Å². The van der Waals surface area contributed by atoms with Crippen LogP contribution >= 0.6 is 0 Å². The van der Waals surface area contributed by atoms with E-state index >= 15 is 0 Å². The molecule has 0 aliphatic carbocycles. The smallest absolute Gasteiger partial charge is 0.251 e. The fourth-order valence-corrected chi connectivity index (χ4v) is 2.28. The second-order valence-corrected chi connectivity index (χ2v) is 4.81. The lowest BCUT2D eigenvalue weighted by molar-refractivity contribution is -0.270. The molecule has 21 heavy (non-hydrogen) atoms. The Balaban J connectivity index is 2.13. The van der Waals surface area contributed by atoms with Crippen LogP contribution in [0.3, 0.4) is 0 Å². The van der Waals surface area contributed by atoms with E-state index in [1.54, 1.807) is 30.3 Å². The minimum absolute atomic E-state index is 0.401. The number of rotatable bonds is 4. The molecule has 1 fully saturated rings. The summed E-state index contributed by atoms with van der Waals surface area (Å²) in [6, 6.07) is 7.42. The maximum atomic E-state index is 12.1. The maximum absolute atomic E-state index is 12.1. The number of carbonyl (C=O) groups is 1. The van der Waals surface area contributed by atoms with Crippen LogP contribution in [0.2, 0.25) is 0 Å². The standard InChI is InChI=1S/C14H19NO6/c1-20-14-12(18)10(11(17)9(7-16)21-14)15-13(19)8-5-3-2-4-6-8/h2-6,9-12,14,16-18H,7H2,1H3,(H,15,19)/t9-,10+,11+,12-,14-/m1/s1. The Bertz CT molecular complexity index is 452. The van der Waals surface area contributed by atoms with Crippen LogP contribution in [0.15, 0.2) is 30.3 Å². The van der Waals surface area contributed by atoms with Gasteiger partial charge in [-0.3, -0.25) is 4.79 Å². The molecule has 2 rings (SSSR count). The van der Waals surface area contributed by atoms with Gasteiger partial charge in [0.15, 0.2) is 6.29 Å². The number of carbonyl (C=O) groups excluding carboxylic acids is 1. The largest absolute Gasteiger partial charge is 0.394 e. The summed E-state index contributed by atoms with van der Waals surface area (Å²) >= 11 is 0. The number of methoxy groups -OCH3 is 1. The van der Waals surface area contributed by atoms with E-state index in [9.17, 15) is 20.1 Å². The fourth-order valence-electron chi connectivity index (χ4n) is 2.28. The van der Waals surface area contributed by atoms with E-state index in [0.29, 0.717) is 5.56 Å². The normalized spacial score (nSPS) is 32.7. The van der Waals surface area contributed by atoms with Crippen LogP contribution < -0.4 is 5.32 Å². The fraction of sp³-hybridized carbons (Fsp3) is 0.500. The van der Waals surface area contributed by atoms with E-state index in [2.05, 4.69) is 5.32 Å². The molecule has 0 saturated carbocycles. The van der Waals surface area contributed by atoms with Gasteiger partial charge in [0.05, 0.1) is 12.6 Å². The first-order valence-corrected chi connectivity index (χ1v) is 6.59. The highest BCUT2D eigenvalue weighted by Crippen LogP contribution is 2.22. The number of amides is 1. The van der Waals surface area contributed by atoms with Gasteiger partial charge in [-0.05, 0) is 12.1 Å². The Hall–Kier alpha value is -1.51. The van der Waals surface area contributed by atoms with Gasteiger partial charge < -0.3 is 30.1 Å². The number of hydrogen-bond acceptors (Lipinski definition) is 6. The van der Waals surface area contributed by atoms with Crippen LogP contribution in [0.4, 0.5) is 0 Å². The number of benzene rings is 1. The first kappa shape index (κ1) is 15.9. The summed E-state index contributed by atoms with van der Waals surface area (Å²) in [5, 5.41) is 31.9. The van der Waals surface area contributed by atoms with E-state index in [4.69, 9.17) is 9.47 Å². The third kappa shape index (κ3) is 3.39. The van der Waals surface area contributed by atoms with Crippen molar-refractivity contribution in [1.29, 1.82) is 0 Å². The minimum atomic E-state index is -1.25. The Morgan fingerprint density at radius 1 is 1.29 bits per heavy atom. The number of ether oxygens (including phenoxy) is 2. The molecular formula is C14H19NO6. The Kier molecular flexibility index (Phi) is 5.27. The Morgan fingerprint density at radius 3 is 2.52 bits per heavy atom. The number of aliphatic hydroxyl groups excluding tert-OH is 3. The molecule has 4 N–H and O–H groups in total. The first-order valence-electron chi connectivity index (χ1n) is 6.59. The lowest BCUT2D eigenvalue weighted by Crippen LogP contribution is -2.64. The molecule has 1 amide bonds. The average molecular weight is 297 g/mol. The molecule has 1 aromatic carbocycles. The summed E-state index contributed by atoms with van der Waals surface area (Å²) in [5.41, 5.74) is 0.401. The van der Waals surface area contributed by atoms with Crippen molar-refractivity contribution in [2.75, 3.05) is 13.7 Å². The molecular weight excluding hydrogens is 278 g/mol. The van der Waals surface area contributed by atoms with Gasteiger partial charge in [0.2, 0.25) is 0 Å². The summed E-state index contributed by atoms with van der Waals surface area (Å²) in [6.07, 6.45) is -4.48. The zero-order valence-corrected chi connectivity index (χ0v) is 11.5. The van der Waals surface area contributed by atoms with Gasteiger partial charge in [0.1, 0.15) is 18.3 Å². The topological polar surface area (TPSA) is 108 Å². The second-order valence-electron chi connectivity index (χ2n) is 4.81. The van der Waals surface area contributed by atoms with Gasteiger partial charge in [-0.25, -0.2) is 0 Å². The second kappa shape index (κ2) is 6.97. The maximum Gasteiger partial charge on any atom is 0.251 e. The molecule has 116 valence electrons. The van der Waals surface area contributed by atoms with E-state index < -0.39 is 43.2 Å². The molecule has 7 heteroatoms. The summed E-state index contributed by atoms with van der Waals surface area (Å²) in [5.74, 6) is -0.438. The predicted octanol–water partition coefficient (Wildman–Crippen LogP) is -1.13. The highest BCUT2D eigenvalue weighted by molar-refractivity contribution is 5.94. The SMILES string of the molecule is CO[C@@H]1O[C@H](CO)[C@H](O)[C@H](NC(=O)c2ccccc2)[C@H]1O. The molecule has 1 saturated heterocycles. The lowest BCUT2D eigenvalue weighted by atomic mass is 9.96.